The van der Waals surface area contributed by atoms with E-state index in [0.717, 1.165) is 5.69 Å². The molecule has 19 heteroatoms. The van der Waals surface area contributed by atoms with Crippen LogP contribution in [0.25, 0.3) is 0 Å². The predicted molar refractivity (Wildman–Crippen MR) is 181 cm³/mol. The van der Waals surface area contributed by atoms with Gasteiger partial charge in [-0.15, -0.1) is 0 Å². The molecule has 4 aliphatic rings. The predicted octanol–water partition coefficient (Wildman–Crippen LogP) is -1.24. The van der Waals surface area contributed by atoms with E-state index in [1.165, 1.54) is 24.3 Å². The zero-order chi connectivity index (χ0) is 40.4. The molecule has 4 aliphatic heterocycles. The number of rotatable bonds is 7. The number of carboxylic acid groups (broad SMARTS) is 1. The Hall–Kier alpha value is -5.43. The molecule has 1 spiro atoms. The summed E-state index contributed by atoms with van der Waals surface area (Å²) in [5.41, 5.74) is -4.31. The second-order valence-corrected chi connectivity index (χ2v) is 13.9. The summed E-state index contributed by atoms with van der Waals surface area (Å²) in [7, 11) is 0. The maximum Gasteiger partial charge on any atom is 0.351 e. The highest BCUT2D eigenvalue weighted by atomic mass is 16.8. The molecule has 2 fully saturated rings. The average molecular weight is 784 g/mol. The Balaban J connectivity index is 1.30. The number of ketones is 1. The number of aromatic nitrogens is 1. The molecule has 5 heterocycles. The largest absolute Gasteiger partial charge is 0.507 e. The lowest BCUT2D eigenvalue weighted by molar-refractivity contribution is -0.329. The standard InChI is InChI=1S/C37H37NO18/c1-2-16-8-14(13-38-16)9-17-22(12-23-24(25(17)42)20(41)11-21(52-23)15-4-5-18(39)19(40)10-15)53-32-28(45)27(44)31(48)37(56-32)7-3-6-36(34(49)50)30(47)26(43)29(46)33(55-36)54-35(37)51/h4-5,8,10,12-13,21,26-33,38-40,42-48H,2,7,9,11H2,1H3,(H,49,50)/t21?,26-,27-,28-,29-,30+,31+,32+,33+,36+,37+/m1/s1. The van der Waals surface area contributed by atoms with E-state index >= 15 is 0 Å². The number of H-pyrrole nitrogens is 1. The van der Waals surface area contributed by atoms with Crippen molar-refractivity contribution in [3.8, 4) is 40.6 Å². The number of benzene rings is 2. The third-order valence-corrected chi connectivity index (χ3v) is 10.4. The van der Waals surface area contributed by atoms with Gasteiger partial charge in [0, 0.05) is 29.9 Å². The summed E-state index contributed by atoms with van der Waals surface area (Å²) in [6.45, 7) is 1.90. The number of phenolic OH excluding ortho intramolecular Hbond substituents is 3. The molecule has 1 unspecified atom stereocenters. The minimum Gasteiger partial charge on any atom is -0.507 e. The zero-order valence-corrected chi connectivity index (χ0v) is 29.2. The van der Waals surface area contributed by atoms with Crippen molar-refractivity contribution in [3.63, 3.8) is 0 Å². The minimum absolute atomic E-state index is 0.0397. The number of Topliss-reactive ketones (excluding diaryl/α,β-unsaturated/α-hetero) is 1. The highest BCUT2D eigenvalue weighted by Gasteiger charge is 2.64. The van der Waals surface area contributed by atoms with E-state index in [1.54, 1.807) is 12.3 Å². The van der Waals surface area contributed by atoms with Crippen LogP contribution in [0, 0.1) is 11.8 Å². The maximum atomic E-state index is 13.9. The highest BCUT2D eigenvalue weighted by Crippen LogP contribution is 2.48. The van der Waals surface area contributed by atoms with Crippen LogP contribution >= 0.6 is 0 Å². The van der Waals surface area contributed by atoms with Gasteiger partial charge < -0.3 is 79.7 Å². The molecule has 56 heavy (non-hydrogen) atoms. The van der Waals surface area contributed by atoms with Crippen molar-refractivity contribution in [2.45, 2.75) is 99.1 Å². The molecule has 1 aromatic heterocycles. The molecule has 2 saturated heterocycles. The number of aryl methyl sites for hydroxylation is 1. The summed E-state index contributed by atoms with van der Waals surface area (Å²) in [5.74, 6) is -1.75. The second kappa shape index (κ2) is 14.3. The molecular weight excluding hydrogens is 746 g/mol. The average Bonchev–Trinajstić information content (AvgIpc) is 3.64. The van der Waals surface area contributed by atoms with Crippen LogP contribution in [0.2, 0.25) is 0 Å². The minimum atomic E-state index is -2.94. The van der Waals surface area contributed by atoms with Gasteiger partial charge in [0.25, 0.3) is 5.60 Å². The third kappa shape index (κ3) is 6.25. The molecule has 11 atom stereocenters. The molecule has 2 aromatic carbocycles. The van der Waals surface area contributed by atoms with Crippen LogP contribution in [0.3, 0.4) is 0 Å². The maximum absolute atomic E-state index is 13.9. The van der Waals surface area contributed by atoms with E-state index in [2.05, 4.69) is 16.8 Å². The Morgan fingerprint density at radius 1 is 0.929 bits per heavy atom. The monoisotopic (exact) mass is 783 g/mol. The van der Waals surface area contributed by atoms with Crippen molar-refractivity contribution in [2.24, 2.45) is 0 Å². The van der Waals surface area contributed by atoms with Gasteiger partial charge >= 0.3 is 11.9 Å². The first-order valence-corrected chi connectivity index (χ1v) is 17.3. The Bertz CT molecular complexity index is 2140. The van der Waals surface area contributed by atoms with Crippen LogP contribution < -0.4 is 9.47 Å². The third-order valence-electron chi connectivity index (χ3n) is 10.4. The van der Waals surface area contributed by atoms with Crippen molar-refractivity contribution < 1.29 is 89.1 Å². The fourth-order valence-corrected chi connectivity index (χ4v) is 7.12. The van der Waals surface area contributed by atoms with Crippen molar-refractivity contribution in [3.05, 3.63) is 64.5 Å². The first kappa shape index (κ1) is 38.8. The topological polar surface area (TPSA) is 315 Å². The van der Waals surface area contributed by atoms with Crippen LogP contribution in [0.1, 0.15) is 58.6 Å². The summed E-state index contributed by atoms with van der Waals surface area (Å²) in [5, 5.41) is 107. The number of carboxylic acids is 1. The molecule has 298 valence electrons. The number of aromatic amines is 1. The number of aliphatic hydroxyl groups excluding tert-OH is 6. The van der Waals surface area contributed by atoms with E-state index in [4.69, 9.17) is 23.7 Å². The number of aliphatic carboxylic acids is 1. The first-order chi connectivity index (χ1) is 26.5. The van der Waals surface area contributed by atoms with Gasteiger partial charge in [0.1, 0.15) is 65.5 Å². The van der Waals surface area contributed by atoms with E-state index in [-0.39, 0.29) is 41.0 Å². The number of nitrogens with one attached hydrogen (secondary N) is 1. The summed E-state index contributed by atoms with van der Waals surface area (Å²) in [4.78, 5) is 42.8. The summed E-state index contributed by atoms with van der Waals surface area (Å²) in [6.07, 6.45) is -18.2. The quantitative estimate of drug-likeness (QED) is 0.0758. The van der Waals surface area contributed by atoms with Crippen LogP contribution in [-0.4, -0.2) is 134 Å². The highest BCUT2D eigenvalue weighted by molar-refractivity contribution is 6.03. The number of aromatic hydroxyl groups is 3. The number of carbonyl (C=O) groups is 3. The molecular formula is C37H37NO18. The molecule has 11 N–H and O–H groups in total. The molecule has 7 rings (SSSR count). The fourth-order valence-electron chi connectivity index (χ4n) is 7.12. The molecule has 0 saturated carbocycles. The van der Waals surface area contributed by atoms with Gasteiger partial charge in [-0.1, -0.05) is 24.8 Å². The second-order valence-electron chi connectivity index (χ2n) is 13.9. The van der Waals surface area contributed by atoms with E-state index in [1.807, 2.05) is 6.92 Å². The van der Waals surface area contributed by atoms with E-state index in [9.17, 15) is 65.4 Å². The number of phenols is 3. The van der Waals surface area contributed by atoms with Crippen molar-refractivity contribution in [1.82, 2.24) is 4.98 Å². The lowest BCUT2D eigenvalue weighted by Crippen LogP contribution is -2.70. The molecule has 0 aliphatic carbocycles. The summed E-state index contributed by atoms with van der Waals surface area (Å²) < 4.78 is 28.4. The van der Waals surface area contributed by atoms with Crippen molar-refractivity contribution >= 4 is 17.7 Å². The number of hydrogen-bond donors (Lipinski definition) is 11. The van der Waals surface area contributed by atoms with Gasteiger partial charge in [-0.2, -0.15) is 0 Å². The summed E-state index contributed by atoms with van der Waals surface area (Å²) >= 11 is 0. The lowest BCUT2D eigenvalue weighted by atomic mass is 9.83. The zero-order valence-electron chi connectivity index (χ0n) is 29.2. The van der Waals surface area contributed by atoms with Gasteiger partial charge in [-0.25, -0.2) is 9.59 Å². The fraction of sp³-hybridized carbons (Fsp3) is 0.432. The smallest absolute Gasteiger partial charge is 0.351 e. The van der Waals surface area contributed by atoms with E-state index < -0.39 is 108 Å². The molecule has 0 radical (unpaired) electrons. The SMILES string of the molecule is CCc1cc(Cc2c(O[C@H]3O[C@@]4(CC#C[C@]5(C(=O)O)O[C@H](OC4=O)[C@H](O)[C@@H](O)[C@@H]5O)[C@@H](O)[C@H](O)[C@H]3O)cc3c(c2O)C(=O)CC(c2ccc(O)c(O)c2)O3)c[nH]1. The van der Waals surface area contributed by atoms with Crippen LogP contribution in [-0.2, 0) is 36.6 Å². The Labute approximate surface area is 315 Å². The Kier molecular flexibility index (Phi) is 9.88. The van der Waals surface area contributed by atoms with Crippen molar-refractivity contribution in [2.75, 3.05) is 0 Å². The lowest BCUT2D eigenvalue weighted by Gasteiger charge is -2.47. The number of fused-ring (bicyclic) bond motifs is 3. The number of hydrogen-bond acceptors (Lipinski definition) is 17. The normalized spacial score (nSPS) is 33.8. The Morgan fingerprint density at radius 2 is 1.66 bits per heavy atom. The molecule has 3 aromatic rings. The van der Waals surface area contributed by atoms with Gasteiger partial charge in [0.2, 0.25) is 18.2 Å². The number of esters is 1. The van der Waals surface area contributed by atoms with Gasteiger partial charge in [0.05, 0.1) is 12.8 Å². The molecule has 2 bridgehead atoms. The van der Waals surface area contributed by atoms with Gasteiger partial charge in [-0.3, -0.25) is 4.79 Å². The number of carbonyl (C=O) groups excluding carboxylic acids is 2. The first-order valence-electron chi connectivity index (χ1n) is 17.3. The van der Waals surface area contributed by atoms with Gasteiger partial charge in [-0.05, 0) is 35.7 Å². The summed E-state index contributed by atoms with van der Waals surface area (Å²) in [6, 6.07) is 6.77. The van der Waals surface area contributed by atoms with Crippen LogP contribution in [0.4, 0.5) is 0 Å². The molecule has 19 nitrogen and oxygen atoms in total. The van der Waals surface area contributed by atoms with Crippen LogP contribution in [0.15, 0.2) is 36.5 Å². The number of aliphatic hydroxyl groups is 6. The van der Waals surface area contributed by atoms with Crippen molar-refractivity contribution in [1.29, 1.82) is 0 Å². The van der Waals surface area contributed by atoms with Crippen LogP contribution in [0.5, 0.6) is 28.7 Å². The van der Waals surface area contributed by atoms with E-state index in [0.29, 0.717) is 12.0 Å². The molecule has 0 amide bonds. The number of ether oxygens (including phenoxy) is 5. The van der Waals surface area contributed by atoms with Gasteiger partial charge in [0.15, 0.2) is 17.3 Å². The Morgan fingerprint density at radius 3 is 2.34 bits per heavy atom.